The number of carboxylic acid groups (broad SMARTS) is 1. The number of aromatic nitrogens is 3. The molecule has 19 heavy (non-hydrogen) atoms. The Morgan fingerprint density at radius 2 is 2.11 bits per heavy atom. The van der Waals surface area contributed by atoms with Gasteiger partial charge in [0.1, 0.15) is 11.1 Å². The summed E-state index contributed by atoms with van der Waals surface area (Å²) >= 11 is 0. The smallest absolute Gasteiger partial charge is 0.420 e. The maximum Gasteiger partial charge on any atom is 0.420 e. The number of aromatic carboxylic acids is 1. The Balaban J connectivity index is 2.60. The average Bonchev–Trinajstić information content (AvgIpc) is 2.70. The van der Waals surface area contributed by atoms with Crippen molar-refractivity contribution in [2.75, 3.05) is 0 Å². The number of carbonyl (C=O) groups is 1. The number of aryl methyl sites for hydroxylation is 1. The van der Waals surface area contributed by atoms with Crippen molar-refractivity contribution < 1.29 is 23.1 Å². The highest BCUT2D eigenvalue weighted by molar-refractivity contribution is 5.88. The van der Waals surface area contributed by atoms with Crippen molar-refractivity contribution in [3.63, 3.8) is 0 Å². The highest BCUT2D eigenvalue weighted by Gasteiger charge is 2.35. The van der Waals surface area contributed by atoms with Gasteiger partial charge in [0.05, 0.1) is 5.69 Å². The lowest BCUT2D eigenvalue weighted by atomic mass is 10.2. The summed E-state index contributed by atoms with van der Waals surface area (Å²) in [6, 6.07) is 2.01. The second kappa shape index (κ2) is 4.38. The van der Waals surface area contributed by atoms with Crippen molar-refractivity contribution in [2.24, 2.45) is 0 Å². The first kappa shape index (κ1) is 13.1. The first-order valence-electron chi connectivity index (χ1n) is 5.13. The van der Waals surface area contributed by atoms with E-state index in [9.17, 15) is 18.0 Å². The van der Waals surface area contributed by atoms with Gasteiger partial charge in [-0.15, -0.1) is 0 Å². The largest absolute Gasteiger partial charge is 0.478 e. The number of alkyl halides is 3. The van der Waals surface area contributed by atoms with Crippen LogP contribution in [0.15, 0.2) is 24.5 Å². The van der Waals surface area contributed by atoms with Crippen LogP contribution in [0.3, 0.4) is 0 Å². The van der Waals surface area contributed by atoms with E-state index in [0.717, 1.165) is 23.0 Å². The molecule has 0 saturated heterocycles. The van der Waals surface area contributed by atoms with E-state index < -0.39 is 23.5 Å². The highest BCUT2D eigenvalue weighted by atomic mass is 19.4. The molecule has 0 bridgehead atoms. The summed E-state index contributed by atoms with van der Waals surface area (Å²) in [6.45, 7) is 1.40. The molecule has 0 atom stereocenters. The van der Waals surface area contributed by atoms with Crippen LogP contribution in [0.4, 0.5) is 13.2 Å². The van der Waals surface area contributed by atoms with Gasteiger partial charge in [0.2, 0.25) is 0 Å². The number of carboxylic acids is 1. The fourth-order valence-electron chi connectivity index (χ4n) is 1.58. The van der Waals surface area contributed by atoms with E-state index in [1.165, 1.54) is 13.1 Å². The third-order valence-electron chi connectivity index (χ3n) is 2.44. The Bertz CT molecular complexity index is 634. The Labute approximate surface area is 105 Å². The minimum Gasteiger partial charge on any atom is -0.478 e. The fourth-order valence-corrected chi connectivity index (χ4v) is 1.58. The maximum absolute atomic E-state index is 12.8. The molecule has 2 aromatic heterocycles. The second-order valence-corrected chi connectivity index (χ2v) is 3.75. The fraction of sp³-hybridized carbons (Fsp3) is 0.182. The molecule has 0 aliphatic rings. The Morgan fingerprint density at radius 3 is 2.63 bits per heavy atom. The van der Waals surface area contributed by atoms with E-state index in [2.05, 4.69) is 10.1 Å². The maximum atomic E-state index is 12.8. The van der Waals surface area contributed by atoms with Gasteiger partial charge >= 0.3 is 12.1 Å². The minimum absolute atomic E-state index is 0.117. The molecule has 2 heterocycles. The van der Waals surface area contributed by atoms with E-state index in [-0.39, 0.29) is 11.3 Å². The van der Waals surface area contributed by atoms with Gasteiger partial charge in [-0.25, -0.2) is 14.5 Å². The van der Waals surface area contributed by atoms with E-state index >= 15 is 0 Å². The zero-order valence-corrected chi connectivity index (χ0v) is 9.64. The molecule has 8 heteroatoms. The van der Waals surface area contributed by atoms with Gasteiger partial charge in [-0.1, -0.05) is 0 Å². The lowest BCUT2D eigenvalue weighted by Crippen LogP contribution is -2.12. The minimum atomic E-state index is -4.59. The Hall–Kier alpha value is -2.38. The van der Waals surface area contributed by atoms with Crippen molar-refractivity contribution in [1.82, 2.24) is 14.8 Å². The van der Waals surface area contributed by atoms with Gasteiger partial charge in [0, 0.05) is 12.4 Å². The molecule has 100 valence electrons. The van der Waals surface area contributed by atoms with Crippen LogP contribution in [0.2, 0.25) is 0 Å². The van der Waals surface area contributed by atoms with Crippen molar-refractivity contribution in [3.05, 3.63) is 41.3 Å². The Kier molecular flexibility index (Phi) is 3.01. The average molecular weight is 271 g/mol. The SMILES string of the molecule is Cc1nn(-c2ncccc2C(F)(F)F)cc1C(=O)O. The summed E-state index contributed by atoms with van der Waals surface area (Å²) < 4.78 is 39.2. The third-order valence-corrected chi connectivity index (χ3v) is 2.44. The van der Waals surface area contributed by atoms with Gasteiger partial charge in [-0.05, 0) is 19.1 Å². The molecule has 0 fully saturated rings. The molecule has 0 unspecified atom stereocenters. The molecule has 0 aliphatic carbocycles. The topological polar surface area (TPSA) is 68.0 Å². The summed E-state index contributed by atoms with van der Waals surface area (Å²) in [4.78, 5) is 14.5. The second-order valence-electron chi connectivity index (χ2n) is 3.75. The molecule has 0 amide bonds. The van der Waals surface area contributed by atoms with Crippen LogP contribution in [0.5, 0.6) is 0 Å². The predicted octanol–water partition coefficient (Wildman–Crippen LogP) is 2.29. The molecule has 0 saturated carbocycles. The molecular weight excluding hydrogens is 263 g/mol. The molecule has 0 spiro atoms. The summed E-state index contributed by atoms with van der Waals surface area (Å²) in [7, 11) is 0. The Morgan fingerprint density at radius 1 is 1.42 bits per heavy atom. The lowest BCUT2D eigenvalue weighted by Gasteiger charge is -2.10. The van der Waals surface area contributed by atoms with Crippen LogP contribution in [-0.4, -0.2) is 25.8 Å². The number of pyridine rings is 1. The van der Waals surface area contributed by atoms with E-state index in [1.807, 2.05) is 0 Å². The molecule has 2 rings (SSSR count). The van der Waals surface area contributed by atoms with Crippen LogP contribution in [0, 0.1) is 6.92 Å². The molecule has 5 nitrogen and oxygen atoms in total. The van der Waals surface area contributed by atoms with Crippen LogP contribution < -0.4 is 0 Å². The van der Waals surface area contributed by atoms with Crippen molar-refractivity contribution in [1.29, 1.82) is 0 Å². The van der Waals surface area contributed by atoms with Crippen molar-refractivity contribution >= 4 is 5.97 Å². The van der Waals surface area contributed by atoms with Gasteiger partial charge in [0.15, 0.2) is 5.82 Å². The molecule has 0 radical (unpaired) electrons. The standard InChI is InChI=1S/C11H8F3N3O2/c1-6-7(10(18)19)5-17(16-6)9-8(11(12,13)14)3-2-4-15-9/h2-5H,1H3,(H,18,19). The number of halogens is 3. The van der Waals surface area contributed by atoms with Crippen molar-refractivity contribution in [2.45, 2.75) is 13.1 Å². The normalized spacial score (nSPS) is 11.6. The number of hydrogen-bond donors (Lipinski definition) is 1. The van der Waals surface area contributed by atoms with Gasteiger partial charge in [-0.3, -0.25) is 0 Å². The van der Waals surface area contributed by atoms with Crippen LogP contribution in [-0.2, 0) is 6.18 Å². The summed E-state index contributed by atoms with van der Waals surface area (Å²) in [5, 5.41) is 12.6. The monoisotopic (exact) mass is 271 g/mol. The van der Waals surface area contributed by atoms with Crippen molar-refractivity contribution in [3.8, 4) is 5.82 Å². The van der Waals surface area contributed by atoms with Gasteiger partial charge < -0.3 is 5.11 Å². The summed E-state index contributed by atoms with van der Waals surface area (Å²) in [6.07, 6.45) is -2.40. The van der Waals surface area contributed by atoms with Crippen LogP contribution in [0.25, 0.3) is 5.82 Å². The molecule has 0 aromatic carbocycles. The van der Waals surface area contributed by atoms with Crippen LogP contribution in [0.1, 0.15) is 21.6 Å². The number of rotatable bonds is 2. The predicted molar refractivity (Wildman–Crippen MR) is 58.1 cm³/mol. The van der Waals surface area contributed by atoms with E-state index in [4.69, 9.17) is 5.11 Å². The first-order valence-corrected chi connectivity index (χ1v) is 5.13. The highest BCUT2D eigenvalue weighted by Crippen LogP contribution is 2.32. The van der Waals surface area contributed by atoms with Gasteiger partial charge in [0.25, 0.3) is 0 Å². The molecule has 0 aliphatic heterocycles. The molecule has 2 aromatic rings. The number of hydrogen-bond acceptors (Lipinski definition) is 3. The quantitative estimate of drug-likeness (QED) is 0.909. The van der Waals surface area contributed by atoms with E-state index in [1.54, 1.807) is 0 Å². The lowest BCUT2D eigenvalue weighted by molar-refractivity contribution is -0.137. The zero-order valence-electron chi connectivity index (χ0n) is 9.64. The molecular formula is C11H8F3N3O2. The molecule has 1 N–H and O–H groups in total. The third kappa shape index (κ3) is 2.42. The zero-order chi connectivity index (χ0) is 14.2. The van der Waals surface area contributed by atoms with Gasteiger partial charge in [-0.2, -0.15) is 18.3 Å². The van der Waals surface area contributed by atoms with E-state index in [0.29, 0.717) is 0 Å². The van der Waals surface area contributed by atoms with Crippen LogP contribution >= 0.6 is 0 Å². The first-order chi connectivity index (χ1) is 8.80. The summed E-state index contributed by atoms with van der Waals surface area (Å²) in [5.41, 5.74) is -1.03. The summed E-state index contributed by atoms with van der Waals surface area (Å²) in [5.74, 6) is -1.71. The number of nitrogens with zero attached hydrogens (tertiary/aromatic N) is 3.